The van der Waals surface area contributed by atoms with Crippen molar-refractivity contribution >= 4 is 22.7 Å². The number of thioether (sulfide) groups is 1. The first-order valence-corrected chi connectivity index (χ1v) is 9.73. The summed E-state index contributed by atoms with van der Waals surface area (Å²) in [5.74, 6) is 0.387. The summed E-state index contributed by atoms with van der Waals surface area (Å²) >= 11 is 1.74. The van der Waals surface area contributed by atoms with Crippen molar-refractivity contribution in [3.63, 3.8) is 0 Å². The molecule has 1 N–H and O–H groups in total. The maximum absolute atomic E-state index is 7.86. The molecule has 0 unspecified atom stereocenters. The Morgan fingerprint density at radius 3 is 3.17 bits per heavy atom. The average Bonchev–Trinajstić information content (AvgIpc) is 3.34. The molecule has 1 aromatic heterocycles. The van der Waals surface area contributed by atoms with Gasteiger partial charge in [0.15, 0.2) is 0 Å². The quantitative estimate of drug-likeness (QED) is 0.856. The predicted molar refractivity (Wildman–Crippen MR) is 97.6 cm³/mol. The topological polar surface area (TPSA) is 28.3 Å². The molecule has 2 atom stereocenters. The van der Waals surface area contributed by atoms with Gasteiger partial charge in [-0.2, -0.15) is 0 Å². The van der Waals surface area contributed by atoms with E-state index in [-0.39, 0.29) is 6.04 Å². The second-order valence-electron chi connectivity index (χ2n) is 6.68. The van der Waals surface area contributed by atoms with E-state index < -0.39 is 6.98 Å². The van der Waals surface area contributed by atoms with E-state index in [0.717, 1.165) is 44.4 Å². The molecule has 1 aromatic carbocycles. The lowest BCUT2D eigenvalue weighted by Gasteiger charge is -2.21. The molecule has 3 nitrogen and oxygen atoms in total. The highest BCUT2D eigenvalue weighted by atomic mass is 32.2. The Labute approximate surface area is 147 Å². The van der Waals surface area contributed by atoms with Crippen LogP contribution in [0.15, 0.2) is 23.1 Å². The molecule has 0 amide bonds. The Kier molecular flexibility index (Phi) is 3.50. The standard InChI is InChI=1S/C19H26N2OS/c1-21-8-3-4-14(21)10-17-16-11-15(23-2)5-6-18(16)20-19(17)13-7-9-22-12-13/h5-6,11,13-14,20H,3-4,7-10,12H2,1-2H3/t13-,14+/m0/s1/i1D3. The zero-order valence-electron chi connectivity index (χ0n) is 16.6. The minimum atomic E-state index is -2.01. The van der Waals surface area contributed by atoms with Crippen molar-refractivity contribution in [3.8, 4) is 0 Å². The van der Waals surface area contributed by atoms with Crippen LogP contribution in [0.2, 0.25) is 0 Å². The zero-order valence-corrected chi connectivity index (χ0v) is 14.4. The Hall–Kier alpha value is -0.970. The smallest absolute Gasteiger partial charge is 0.0550 e. The van der Waals surface area contributed by atoms with E-state index in [0.29, 0.717) is 12.5 Å². The molecule has 4 rings (SSSR count). The molecule has 0 radical (unpaired) electrons. The van der Waals surface area contributed by atoms with Crippen molar-refractivity contribution in [2.75, 3.05) is 33.0 Å². The fourth-order valence-electron chi connectivity index (χ4n) is 3.99. The van der Waals surface area contributed by atoms with Crippen LogP contribution in [-0.4, -0.2) is 48.9 Å². The summed E-state index contributed by atoms with van der Waals surface area (Å²) in [6.45, 7) is 0.221. The van der Waals surface area contributed by atoms with Crippen LogP contribution >= 0.6 is 11.8 Å². The summed E-state index contributed by atoms with van der Waals surface area (Å²) in [4.78, 5) is 6.60. The summed E-state index contributed by atoms with van der Waals surface area (Å²) in [5.41, 5.74) is 3.71. The Morgan fingerprint density at radius 2 is 2.39 bits per heavy atom. The van der Waals surface area contributed by atoms with Crippen LogP contribution < -0.4 is 0 Å². The van der Waals surface area contributed by atoms with Crippen LogP contribution in [0.3, 0.4) is 0 Å². The van der Waals surface area contributed by atoms with Gasteiger partial charge in [-0.15, -0.1) is 11.8 Å². The van der Waals surface area contributed by atoms with Crippen molar-refractivity contribution in [2.45, 2.75) is 42.5 Å². The second-order valence-corrected chi connectivity index (χ2v) is 7.56. The number of nitrogens with one attached hydrogen (secondary N) is 1. The molecule has 0 saturated carbocycles. The van der Waals surface area contributed by atoms with E-state index in [1.807, 2.05) is 0 Å². The molecule has 2 aromatic rings. The highest BCUT2D eigenvalue weighted by Crippen LogP contribution is 2.36. The fraction of sp³-hybridized carbons (Fsp3) is 0.579. The van der Waals surface area contributed by atoms with Gasteiger partial charge in [0.1, 0.15) is 0 Å². The fourth-order valence-corrected chi connectivity index (χ4v) is 4.43. The van der Waals surface area contributed by atoms with Gasteiger partial charge in [-0.3, -0.25) is 0 Å². The first-order valence-electron chi connectivity index (χ1n) is 10.0. The van der Waals surface area contributed by atoms with Gasteiger partial charge in [0.2, 0.25) is 0 Å². The number of aromatic amines is 1. The van der Waals surface area contributed by atoms with Gasteiger partial charge in [-0.25, -0.2) is 0 Å². The van der Waals surface area contributed by atoms with Gasteiger partial charge in [0.25, 0.3) is 0 Å². The number of hydrogen-bond donors (Lipinski definition) is 1. The van der Waals surface area contributed by atoms with E-state index in [1.54, 1.807) is 16.7 Å². The lowest BCUT2D eigenvalue weighted by atomic mass is 9.94. The summed E-state index contributed by atoms with van der Waals surface area (Å²) in [5, 5.41) is 1.25. The lowest BCUT2D eigenvalue weighted by Crippen LogP contribution is -2.27. The molecule has 0 bridgehead atoms. The molecule has 2 aliphatic rings. The van der Waals surface area contributed by atoms with E-state index in [2.05, 4.69) is 29.4 Å². The number of hydrogen-bond acceptors (Lipinski definition) is 3. The van der Waals surface area contributed by atoms with Gasteiger partial charge < -0.3 is 14.6 Å². The third-order valence-electron chi connectivity index (χ3n) is 5.30. The zero-order chi connectivity index (χ0) is 18.3. The van der Waals surface area contributed by atoms with Crippen molar-refractivity contribution in [3.05, 3.63) is 29.5 Å². The first-order chi connectivity index (χ1) is 12.5. The third kappa shape index (κ3) is 2.92. The van der Waals surface area contributed by atoms with Crippen molar-refractivity contribution in [1.82, 2.24) is 9.88 Å². The number of fused-ring (bicyclic) bond motifs is 1. The van der Waals surface area contributed by atoms with Crippen LogP contribution in [0.25, 0.3) is 10.9 Å². The van der Waals surface area contributed by atoms with Crippen molar-refractivity contribution in [2.24, 2.45) is 0 Å². The minimum absolute atomic E-state index is 0.0838. The van der Waals surface area contributed by atoms with E-state index in [9.17, 15) is 0 Å². The number of aromatic nitrogens is 1. The maximum Gasteiger partial charge on any atom is 0.0550 e. The van der Waals surface area contributed by atoms with Crippen molar-refractivity contribution in [1.29, 1.82) is 0 Å². The number of H-pyrrole nitrogens is 1. The lowest BCUT2D eigenvalue weighted by molar-refractivity contribution is 0.193. The van der Waals surface area contributed by atoms with Gasteiger partial charge in [-0.1, -0.05) is 0 Å². The molecular formula is C19H26N2OS. The first kappa shape index (κ1) is 12.4. The van der Waals surface area contributed by atoms with E-state index >= 15 is 0 Å². The normalized spacial score (nSPS) is 28.1. The van der Waals surface area contributed by atoms with Gasteiger partial charge in [-0.05, 0) is 69.2 Å². The third-order valence-corrected chi connectivity index (χ3v) is 6.03. The molecule has 2 fully saturated rings. The molecule has 2 aliphatic heterocycles. The maximum atomic E-state index is 7.86. The minimum Gasteiger partial charge on any atom is -0.381 e. The van der Waals surface area contributed by atoms with Gasteiger partial charge in [0, 0.05) is 44.2 Å². The molecule has 0 spiro atoms. The molecule has 124 valence electrons. The molecule has 23 heavy (non-hydrogen) atoms. The van der Waals surface area contributed by atoms with Crippen LogP contribution in [0.4, 0.5) is 0 Å². The summed E-state index contributed by atoms with van der Waals surface area (Å²) in [6, 6.07) is 6.63. The Bertz CT molecular complexity index is 783. The van der Waals surface area contributed by atoms with Crippen molar-refractivity contribution < 1.29 is 8.85 Å². The van der Waals surface area contributed by atoms with Crippen LogP contribution in [0.5, 0.6) is 0 Å². The number of likely N-dealkylation sites (tertiary alicyclic amines) is 1. The number of ether oxygens (including phenoxy) is 1. The Balaban J connectivity index is 1.74. The summed E-state index contributed by atoms with van der Waals surface area (Å²) in [7, 11) is 0. The predicted octanol–water partition coefficient (Wildman–Crippen LogP) is 4.03. The number of nitrogens with zero attached hydrogens (tertiary/aromatic N) is 1. The average molecular weight is 334 g/mol. The monoisotopic (exact) mass is 333 g/mol. The highest BCUT2D eigenvalue weighted by Gasteiger charge is 2.28. The van der Waals surface area contributed by atoms with Gasteiger partial charge >= 0.3 is 0 Å². The number of rotatable bonds is 4. The SMILES string of the molecule is [2H]C([2H])([2H])N1CCC[C@@H]1Cc1c([C@H]2CCOC2)[nH]c2ccc(SC)cc12. The van der Waals surface area contributed by atoms with Crippen LogP contribution in [0, 0.1) is 0 Å². The number of benzene rings is 1. The number of likely N-dealkylation sites (N-methyl/N-ethyl adjacent to an activating group) is 1. The second kappa shape index (κ2) is 6.50. The molecule has 0 aliphatic carbocycles. The van der Waals surface area contributed by atoms with Gasteiger partial charge in [0.05, 0.1) is 6.61 Å². The molecule has 3 heterocycles. The largest absolute Gasteiger partial charge is 0.381 e. The van der Waals surface area contributed by atoms with Crippen LogP contribution in [0.1, 0.15) is 40.6 Å². The molecule has 2 saturated heterocycles. The Morgan fingerprint density at radius 1 is 1.43 bits per heavy atom. The summed E-state index contributed by atoms with van der Waals surface area (Å²) < 4.78 is 29.2. The summed E-state index contributed by atoms with van der Waals surface area (Å²) in [6.07, 6.45) is 5.83. The molecule has 4 heteroatoms. The highest BCUT2D eigenvalue weighted by molar-refractivity contribution is 7.98. The van der Waals surface area contributed by atoms with E-state index in [1.165, 1.54) is 21.5 Å². The van der Waals surface area contributed by atoms with E-state index in [4.69, 9.17) is 8.85 Å². The van der Waals surface area contributed by atoms with Crippen LogP contribution in [-0.2, 0) is 11.2 Å². The molecular weight excluding hydrogens is 304 g/mol.